The maximum Gasteiger partial charge on any atom is 0.339 e. The number of benzene rings is 4. The predicted molar refractivity (Wildman–Crippen MR) is 163 cm³/mol. The molecule has 6 N–H and O–H groups in total. The standard InChI is InChI=1S/C29H28N8O5S/c1-15-5-7-18(8-6-15)32-36-23-12-17(3)25(30)27(26(23)31)37-33-19-9-10-22(16(2)11-19)35-34-20-13-21(29(39)40)28(38)24(14-20)43(4,41)42/h5-14,38H,30-31H2,1-4H3,(H,39,40)/b35-34-,36-32-,37-33-. The molecule has 0 saturated carbocycles. The van der Waals surface area contributed by atoms with E-state index in [9.17, 15) is 23.4 Å². The Morgan fingerprint density at radius 2 is 1.30 bits per heavy atom. The number of hydrogen-bond acceptors (Lipinski definition) is 12. The van der Waals surface area contributed by atoms with Crippen LogP contribution >= 0.6 is 0 Å². The summed E-state index contributed by atoms with van der Waals surface area (Å²) in [6, 6.07) is 16.2. The fourth-order valence-corrected chi connectivity index (χ4v) is 4.65. The van der Waals surface area contributed by atoms with Crippen molar-refractivity contribution in [2.75, 3.05) is 17.7 Å². The molecular weight excluding hydrogens is 572 g/mol. The second-order valence-electron chi connectivity index (χ2n) is 9.71. The highest BCUT2D eigenvalue weighted by Gasteiger charge is 2.22. The first kappa shape index (κ1) is 30.5. The monoisotopic (exact) mass is 600 g/mol. The smallest absolute Gasteiger partial charge is 0.339 e. The summed E-state index contributed by atoms with van der Waals surface area (Å²) in [7, 11) is -3.93. The van der Waals surface area contributed by atoms with E-state index < -0.39 is 32.0 Å². The molecule has 4 aromatic rings. The van der Waals surface area contributed by atoms with Crippen LogP contribution < -0.4 is 11.5 Å². The number of carbonyl (C=O) groups is 1. The van der Waals surface area contributed by atoms with Crippen LogP contribution in [0.4, 0.5) is 45.5 Å². The average molecular weight is 601 g/mol. The predicted octanol–water partition coefficient (Wildman–Crippen LogP) is 7.83. The third-order valence-corrected chi connectivity index (χ3v) is 7.39. The molecule has 14 heteroatoms. The minimum absolute atomic E-state index is 0.0699. The number of carboxylic acid groups (broad SMARTS) is 1. The summed E-state index contributed by atoms with van der Waals surface area (Å²) in [6.45, 7) is 5.52. The van der Waals surface area contributed by atoms with Crippen LogP contribution in [0.15, 0.2) is 96.2 Å². The topological polar surface area (TPSA) is 218 Å². The summed E-state index contributed by atoms with van der Waals surface area (Å²) in [4.78, 5) is 10.9. The van der Waals surface area contributed by atoms with Gasteiger partial charge in [-0.05, 0) is 80.4 Å². The van der Waals surface area contributed by atoms with Crippen molar-refractivity contribution < 1.29 is 23.4 Å². The zero-order valence-electron chi connectivity index (χ0n) is 23.6. The van der Waals surface area contributed by atoms with Crippen LogP contribution in [0.2, 0.25) is 0 Å². The van der Waals surface area contributed by atoms with E-state index in [0.717, 1.165) is 24.0 Å². The Bertz CT molecular complexity index is 1940. The lowest BCUT2D eigenvalue weighted by atomic mass is 10.1. The first-order valence-electron chi connectivity index (χ1n) is 12.7. The van der Waals surface area contributed by atoms with Gasteiger partial charge in [-0.1, -0.05) is 17.7 Å². The number of hydrogen-bond donors (Lipinski definition) is 4. The Hall–Kier alpha value is -5.50. The molecule has 13 nitrogen and oxygen atoms in total. The minimum atomic E-state index is -3.93. The van der Waals surface area contributed by atoms with E-state index >= 15 is 0 Å². The summed E-state index contributed by atoms with van der Waals surface area (Å²) < 4.78 is 24.0. The van der Waals surface area contributed by atoms with E-state index in [-0.39, 0.29) is 17.1 Å². The van der Waals surface area contributed by atoms with Crippen molar-refractivity contribution in [3.63, 3.8) is 0 Å². The van der Waals surface area contributed by atoms with Crippen LogP contribution in [0.5, 0.6) is 5.75 Å². The van der Waals surface area contributed by atoms with Gasteiger partial charge >= 0.3 is 5.97 Å². The molecule has 0 aliphatic heterocycles. The molecule has 0 radical (unpaired) electrons. The number of phenols is 1. The number of aryl methyl sites for hydroxylation is 3. The summed E-state index contributed by atoms with van der Waals surface area (Å²) in [6.07, 6.45) is 0.848. The first-order chi connectivity index (χ1) is 20.2. The van der Waals surface area contributed by atoms with E-state index in [1.165, 1.54) is 0 Å². The van der Waals surface area contributed by atoms with Crippen molar-refractivity contribution in [3.05, 3.63) is 82.9 Å². The summed E-state index contributed by atoms with van der Waals surface area (Å²) in [5.74, 6) is -2.38. The van der Waals surface area contributed by atoms with Gasteiger partial charge in [0.2, 0.25) is 0 Å². The third kappa shape index (κ3) is 7.05. The van der Waals surface area contributed by atoms with Crippen LogP contribution in [-0.2, 0) is 9.84 Å². The van der Waals surface area contributed by atoms with Gasteiger partial charge in [0.1, 0.15) is 27.6 Å². The van der Waals surface area contributed by atoms with Gasteiger partial charge in [0.25, 0.3) is 0 Å². The van der Waals surface area contributed by atoms with Crippen molar-refractivity contribution in [1.29, 1.82) is 0 Å². The second kappa shape index (κ2) is 12.2. The zero-order valence-corrected chi connectivity index (χ0v) is 24.5. The van der Waals surface area contributed by atoms with E-state index in [2.05, 4.69) is 30.7 Å². The fraction of sp³-hybridized carbons (Fsp3) is 0.138. The number of carboxylic acids is 1. The highest BCUT2D eigenvalue weighted by molar-refractivity contribution is 7.90. The van der Waals surface area contributed by atoms with Gasteiger partial charge in [-0.2, -0.15) is 20.5 Å². The maximum absolute atomic E-state index is 12.0. The molecule has 0 amide bonds. The molecule has 0 fully saturated rings. The normalized spacial score (nSPS) is 12.1. The SMILES string of the molecule is Cc1ccc(/N=N\c2cc(C)c(N)c(/N=N\c3ccc(/N=N\c4cc(C(=O)O)c(O)c(S(C)(=O)=O)c4)c(C)c3)c2N)cc1. The number of nitrogens with zero attached hydrogens (tertiary/aromatic N) is 6. The molecule has 4 rings (SSSR count). The summed E-state index contributed by atoms with van der Waals surface area (Å²) in [5, 5.41) is 44.6. The molecule has 0 saturated heterocycles. The Kier molecular flexibility index (Phi) is 8.61. The van der Waals surface area contributed by atoms with Crippen LogP contribution in [0.25, 0.3) is 0 Å². The quantitative estimate of drug-likeness (QED) is 0.116. The van der Waals surface area contributed by atoms with Gasteiger partial charge in [0.15, 0.2) is 9.84 Å². The fourth-order valence-electron chi connectivity index (χ4n) is 3.86. The first-order valence-corrected chi connectivity index (χ1v) is 14.5. The number of nitrogens with two attached hydrogens (primary N) is 2. The summed E-state index contributed by atoms with van der Waals surface area (Å²) in [5.41, 5.74) is 17.1. The molecule has 0 aliphatic rings. The van der Waals surface area contributed by atoms with Gasteiger partial charge in [-0.3, -0.25) is 0 Å². The largest absolute Gasteiger partial charge is 0.506 e. The zero-order chi connectivity index (χ0) is 31.5. The van der Waals surface area contributed by atoms with Gasteiger partial charge in [-0.25, -0.2) is 13.2 Å². The lowest BCUT2D eigenvalue weighted by molar-refractivity contribution is 0.0693. The van der Waals surface area contributed by atoms with E-state index in [1.807, 2.05) is 31.2 Å². The second-order valence-corrected chi connectivity index (χ2v) is 11.7. The highest BCUT2D eigenvalue weighted by Crippen LogP contribution is 2.41. The minimum Gasteiger partial charge on any atom is -0.506 e. The number of azo groups is 3. The van der Waals surface area contributed by atoms with E-state index in [1.54, 1.807) is 38.1 Å². The van der Waals surface area contributed by atoms with Crippen LogP contribution in [-0.4, -0.2) is 30.9 Å². The number of aromatic carboxylic acids is 1. The molecule has 0 bridgehead atoms. The van der Waals surface area contributed by atoms with Crippen LogP contribution in [0.3, 0.4) is 0 Å². The molecule has 0 aromatic heterocycles. The lowest BCUT2D eigenvalue weighted by Crippen LogP contribution is -2.03. The van der Waals surface area contributed by atoms with Gasteiger partial charge in [0, 0.05) is 6.26 Å². The van der Waals surface area contributed by atoms with Gasteiger partial charge in [-0.15, -0.1) is 10.2 Å². The number of sulfone groups is 1. The Balaban J connectivity index is 1.61. The maximum atomic E-state index is 12.0. The number of aromatic hydroxyl groups is 1. The summed E-state index contributed by atoms with van der Waals surface area (Å²) >= 11 is 0. The molecule has 0 atom stereocenters. The average Bonchev–Trinajstić information content (AvgIpc) is 2.94. The van der Waals surface area contributed by atoms with Crippen molar-refractivity contribution in [3.8, 4) is 5.75 Å². The molecule has 220 valence electrons. The van der Waals surface area contributed by atoms with Crippen molar-refractivity contribution in [2.45, 2.75) is 25.7 Å². The van der Waals surface area contributed by atoms with Crippen molar-refractivity contribution >= 4 is 61.3 Å². The van der Waals surface area contributed by atoms with Crippen LogP contribution in [0.1, 0.15) is 27.0 Å². The Morgan fingerprint density at radius 3 is 1.93 bits per heavy atom. The van der Waals surface area contributed by atoms with Crippen molar-refractivity contribution in [1.82, 2.24) is 0 Å². The molecule has 43 heavy (non-hydrogen) atoms. The Labute approximate surface area is 247 Å². The highest BCUT2D eigenvalue weighted by atomic mass is 32.2. The van der Waals surface area contributed by atoms with Crippen molar-refractivity contribution in [2.24, 2.45) is 30.7 Å². The molecular formula is C29H28N8O5S. The number of nitrogen functional groups attached to an aromatic ring is 2. The van der Waals surface area contributed by atoms with Crippen LogP contribution in [0, 0.1) is 20.8 Å². The Morgan fingerprint density at radius 1 is 0.698 bits per heavy atom. The number of anilines is 2. The third-order valence-electron chi connectivity index (χ3n) is 6.28. The van der Waals surface area contributed by atoms with Gasteiger partial charge < -0.3 is 21.7 Å². The van der Waals surface area contributed by atoms with E-state index in [4.69, 9.17) is 11.5 Å². The van der Waals surface area contributed by atoms with E-state index in [0.29, 0.717) is 39.6 Å². The molecule has 4 aromatic carbocycles. The molecule has 0 heterocycles. The molecule has 0 aliphatic carbocycles. The molecule has 0 unspecified atom stereocenters. The van der Waals surface area contributed by atoms with Gasteiger partial charge in [0.05, 0.1) is 34.1 Å². The lowest BCUT2D eigenvalue weighted by Gasteiger charge is -2.09. The number of rotatable bonds is 8. The molecule has 0 spiro atoms.